The lowest BCUT2D eigenvalue weighted by Gasteiger charge is -2.28. The Hall–Kier alpha value is -1.49. The minimum absolute atomic E-state index is 0. The van der Waals surface area contributed by atoms with Crippen molar-refractivity contribution in [3.8, 4) is 0 Å². The maximum Gasteiger partial charge on any atom is 0.407 e. The summed E-state index contributed by atoms with van der Waals surface area (Å²) < 4.78 is 10.8. The average molecular weight is 509 g/mol. The molecule has 9 heteroatoms. The normalized spacial score (nSPS) is 12.9. The number of furan rings is 1. The zero-order valence-corrected chi connectivity index (χ0v) is 20.2. The SMILES string of the molecule is CCN(CC)C(CNC(=NC)NCCNC(=O)OC(C)(C)C)c1ccco1.I. The van der Waals surface area contributed by atoms with E-state index in [9.17, 15) is 4.79 Å². The van der Waals surface area contributed by atoms with Gasteiger partial charge in [0.1, 0.15) is 11.4 Å². The molecule has 0 aliphatic heterocycles. The molecule has 0 aromatic carbocycles. The van der Waals surface area contributed by atoms with Crippen molar-refractivity contribution >= 4 is 36.0 Å². The molecule has 1 unspecified atom stereocenters. The van der Waals surface area contributed by atoms with Crippen LogP contribution >= 0.6 is 24.0 Å². The largest absolute Gasteiger partial charge is 0.468 e. The molecule has 3 N–H and O–H groups in total. The third-order valence-electron chi connectivity index (χ3n) is 3.90. The highest BCUT2D eigenvalue weighted by Gasteiger charge is 2.21. The van der Waals surface area contributed by atoms with Gasteiger partial charge < -0.3 is 25.1 Å². The zero-order chi connectivity index (χ0) is 20.3. The van der Waals surface area contributed by atoms with E-state index < -0.39 is 11.7 Å². The van der Waals surface area contributed by atoms with E-state index in [1.807, 2.05) is 32.9 Å². The summed E-state index contributed by atoms with van der Waals surface area (Å²) in [5, 5.41) is 9.22. The maximum atomic E-state index is 11.6. The molecule has 28 heavy (non-hydrogen) atoms. The van der Waals surface area contributed by atoms with Crippen molar-refractivity contribution in [2.24, 2.45) is 4.99 Å². The Bertz CT molecular complexity index is 569. The molecule has 0 aliphatic carbocycles. The van der Waals surface area contributed by atoms with E-state index in [0.717, 1.165) is 18.8 Å². The summed E-state index contributed by atoms with van der Waals surface area (Å²) in [4.78, 5) is 18.2. The molecule has 1 aromatic heterocycles. The Morgan fingerprint density at radius 1 is 1.21 bits per heavy atom. The highest BCUT2D eigenvalue weighted by Crippen LogP contribution is 2.20. The molecule has 0 saturated heterocycles. The second-order valence-electron chi connectivity index (χ2n) is 7.06. The number of guanidine groups is 1. The standard InChI is InChI=1S/C19H35N5O3.HI/c1-7-24(8-2)15(16-10-9-13-26-16)14-23-17(20-6)21-11-12-22-18(25)27-19(3,4)5;/h9-10,13,15H,7-8,11-12,14H2,1-6H3,(H,22,25)(H2,20,21,23);1H. The Labute approximate surface area is 185 Å². The molecule has 0 aliphatic rings. The number of nitrogens with zero attached hydrogens (tertiary/aromatic N) is 2. The second kappa shape index (κ2) is 13.6. The van der Waals surface area contributed by atoms with E-state index in [1.54, 1.807) is 13.3 Å². The van der Waals surface area contributed by atoms with Gasteiger partial charge in [-0.05, 0) is 46.0 Å². The van der Waals surface area contributed by atoms with Gasteiger partial charge in [0.25, 0.3) is 0 Å². The van der Waals surface area contributed by atoms with E-state index in [4.69, 9.17) is 9.15 Å². The quantitative estimate of drug-likeness (QED) is 0.205. The fourth-order valence-electron chi connectivity index (χ4n) is 2.63. The van der Waals surface area contributed by atoms with Gasteiger partial charge >= 0.3 is 6.09 Å². The van der Waals surface area contributed by atoms with Crippen LogP contribution in [0.25, 0.3) is 0 Å². The highest BCUT2D eigenvalue weighted by molar-refractivity contribution is 14.0. The third kappa shape index (κ3) is 10.2. The number of ether oxygens (including phenoxy) is 1. The molecule has 0 spiro atoms. The van der Waals surface area contributed by atoms with Crippen molar-refractivity contribution < 1.29 is 13.9 Å². The summed E-state index contributed by atoms with van der Waals surface area (Å²) in [6.45, 7) is 13.3. The first-order valence-electron chi connectivity index (χ1n) is 9.49. The van der Waals surface area contributed by atoms with Crippen LogP contribution in [0.15, 0.2) is 27.8 Å². The first-order chi connectivity index (χ1) is 12.8. The molecular weight excluding hydrogens is 473 g/mol. The lowest BCUT2D eigenvalue weighted by Crippen LogP contribution is -2.45. The number of hydrogen-bond donors (Lipinski definition) is 3. The number of alkyl carbamates (subject to hydrolysis) is 1. The van der Waals surface area contributed by atoms with Crippen LogP contribution in [0.3, 0.4) is 0 Å². The predicted octanol–water partition coefficient (Wildman–Crippen LogP) is 2.97. The molecule has 1 rings (SSSR count). The van der Waals surface area contributed by atoms with Crippen LogP contribution in [0.2, 0.25) is 0 Å². The molecule has 0 saturated carbocycles. The van der Waals surface area contributed by atoms with Crippen LogP contribution in [-0.2, 0) is 4.74 Å². The van der Waals surface area contributed by atoms with Gasteiger partial charge in [-0.1, -0.05) is 13.8 Å². The summed E-state index contributed by atoms with van der Waals surface area (Å²) in [6, 6.07) is 4.01. The van der Waals surface area contributed by atoms with Gasteiger partial charge in [0.2, 0.25) is 0 Å². The van der Waals surface area contributed by atoms with Crippen molar-refractivity contribution in [1.82, 2.24) is 20.9 Å². The minimum Gasteiger partial charge on any atom is -0.468 e. The van der Waals surface area contributed by atoms with Crippen molar-refractivity contribution in [2.45, 2.75) is 46.3 Å². The molecule has 1 amide bonds. The number of rotatable bonds is 9. The van der Waals surface area contributed by atoms with Gasteiger partial charge in [0, 0.05) is 26.7 Å². The molecular formula is C19H36IN5O3. The van der Waals surface area contributed by atoms with E-state index in [0.29, 0.717) is 25.6 Å². The lowest BCUT2D eigenvalue weighted by molar-refractivity contribution is 0.0529. The summed E-state index contributed by atoms with van der Waals surface area (Å²) >= 11 is 0. The van der Waals surface area contributed by atoms with Gasteiger partial charge in [-0.25, -0.2) is 4.79 Å². The van der Waals surface area contributed by atoms with Gasteiger partial charge in [-0.15, -0.1) is 24.0 Å². The molecule has 162 valence electrons. The fraction of sp³-hybridized carbons (Fsp3) is 0.684. The van der Waals surface area contributed by atoms with Crippen LogP contribution in [0.4, 0.5) is 4.79 Å². The first-order valence-corrected chi connectivity index (χ1v) is 9.49. The van der Waals surface area contributed by atoms with Crippen molar-refractivity contribution in [1.29, 1.82) is 0 Å². The first kappa shape index (κ1) is 26.5. The number of carbonyl (C=O) groups excluding carboxylic acids is 1. The number of nitrogens with one attached hydrogen (secondary N) is 3. The van der Waals surface area contributed by atoms with Crippen LogP contribution in [0.1, 0.15) is 46.4 Å². The zero-order valence-electron chi connectivity index (χ0n) is 17.9. The topological polar surface area (TPSA) is 91.1 Å². The summed E-state index contributed by atoms with van der Waals surface area (Å²) in [5.74, 6) is 1.60. The van der Waals surface area contributed by atoms with Crippen molar-refractivity contribution in [3.05, 3.63) is 24.2 Å². The molecule has 0 fully saturated rings. The van der Waals surface area contributed by atoms with Gasteiger partial charge in [-0.2, -0.15) is 0 Å². The predicted molar refractivity (Wildman–Crippen MR) is 123 cm³/mol. The summed E-state index contributed by atoms with van der Waals surface area (Å²) in [5.41, 5.74) is -0.500. The third-order valence-corrected chi connectivity index (χ3v) is 3.90. The van der Waals surface area contributed by atoms with Crippen LogP contribution in [0, 0.1) is 0 Å². The van der Waals surface area contributed by atoms with Gasteiger partial charge in [0.05, 0.1) is 12.3 Å². The van der Waals surface area contributed by atoms with Gasteiger partial charge in [-0.3, -0.25) is 9.89 Å². The maximum absolute atomic E-state index is 11.6. The van der Waals surface area contributed by atoms with Crippen LogP contribution < -0.4 is 16.0 Å². The minimum atomic E-state index is -0.500. The Morgan fingerprint density at radius 2 is 1.86 bits per heavy atom. The van der Waals surface area contributed by atoms with E-state index in [1.165, 1.54) is 0 Å². The van der Waals surface area contributed by atoms with E-state index in [-0.39, 0.29) is 30.0 Å². The Morgan fingerprint density at radius 3 is 2.36 bits per heavy atom. The molecule has 1 aromatic rings. The number of hydrogen-bond acceptors (Lipinski definition) is 5. The number of likely N-dealkylation sites (N-methyl/N-ethyl adjacent to an activating group) is 1. The van der Waals surface area contributed by atoms with Crippen molar-refractivity contribution in [3.63, 3.8) is 0 Å². The monoisotopic (exact) mass is 509 g/mol. The molecule has 8 nitrogen and oxygen atoms in total. The molecule has 0 bridgehead atoms. The number of aliphatic imine (C=N–C) groups is 1. The van der Waals surface area contributed by atoms with Crippen LogP contribution in [0.5, 0.6) is 0 Å². The Kier molecular flexibility index (Phi) is 12.9. The van der Waals surface area contributed by atoms with E-state index in [2.05, 4.69) is 39.7 Å². The summed E-state index contributed by atoms with van der Waals surface area (Å²) in [6.07, 6.45) is 1.27. The van der Waals surface area contributed by atoms with Crippen molar-refractivity contribution in [2.75, 3.05) is 39.8 Å². The number of amides is 1. The van der Waals surface area contributed by atoms with E-state index >= 15 is 0 Å². The smallest absolute Gasteiger partial charge is 0.407 e. The highest BCUT2D eigenvalue weighted by atomic mass is 127. The summed E-state index contributed by atoms with van der Waals surface area (Å²) in [7, 11) is 1.72. The lowest BCUT2D eigenvalue weighted by atomic mass is 10.2. The molecule has 0 radical (unpaired) electrons. The fourth-order valence-corrected chi connectivity index (χ4v) is 2.63. The van der Waals surface area contributed by atoms with Crippen LogP contribution in [-0.4, -0.2) is 62.3 Å². The number of halogens is 1. The molecule has 1 atom stereocenters. The molecule has 1 heterocycles. The van der Waals surface area contributed by atoms with Gasteiger partial charge in [0.15, 0.2) is 5.96 Å². The number of carbonyl (C=O) groups is 1. The average Bonchev–Trinajstić information content (AvgIpc) is 3.12. The Balaban J connectivity index is 0.00000729. The second-order valence-corrected chi connectivity index (χ2v) is 7.06.